The van der Waals surface area contributed by atoms with E-state index in [1.54, 1.807) is 6.92 Å². The van der Waals surface area contributed by atoms with E-state index in [0.717, 1.165) is 6.07 Å². The summed E-state index contributed by atoms with van der Waals surface area (Å²) in [6.45, 7) is 1.55. The van der Waals surface area contributed by atoms with Crippen LogP contribution in [0.15, 0.2) is 18.2 Å². The third-order valence-electron chi connectivity index (χ3n) is 3.04. The molecule has 0 aromatic heterocycles. The molecule has 118 valence electrons. The summed E-state index contributed by atoms with van der Waals surface area (Å²) in [7, 11) is 0. The van der Waals surface area contributed by atoms with Crippen LogP contribution in [0, 0.1) is 11.8 Å². The van der Waals surface area contributed by atoms with Crippen molar-refractivity contribution in [3.63, 3.8) is 0 Å². The number of nitrogens with one attached hydrogen (secondary N) is 1. The van der Waals surface area contributed by atoms with Gasteiger partial charge in [-0.1, -0.05) is 24.4 Å². The average molecular weight is 334 g/mol. The summed E-state index contributed by atoms with van der Waals surface area (Å²) in [6, 6.07) is 3.59. The number of amides is 1. The number of aliphatic hydroxyl groups excluding tert-OH is 1. The fraction of sp³-hybridized carbons (Fsp3) is 0.357. The number of halogens is 4. The van der Waals surface area contributed by atoms with Crippen LogP contribution in [0.1, 0.15) is 18.9 Å². The standard InChI is InChI=1S/C14H11ClF3NO3/c1-2-9(20)5-6-13(14(16,17)18)10-7-8(15)3-4-11(10)19-12(21)22-13/h3-4,7,9,20H,2H2,1H3,(H,19,21). The summed E-state index contributed by atoms with van der Waals surface area (Å²) in [5.74, 6) is 3.94. The van der Waals surface area contributed by atoms with Gasteiger partial charge in [0.2, 0.25) is 0 Å². The highest BCUT2D eigenvalue weighted by Gasteiger charge is 2.62. The lowest BCUT2D eigenvalue weighted by Crippen LogP contribution is -2.49. The van der Waals surface area contributed by atoms with Crippen molar-refractivity contribution < 1.29 is 27.8 Å². The highest BCUT2D eigenvalue weighted by atomic mass is 35.5. The van der Waals surface area contributed by atoms with Gasteiger partial charge in [-0.05, 0) is 30.5 Å². The van der Waals surface area contributed by atoms with Gasteiger partial charge in [0, 0.05) is 10.6 Å². The van der Waals surface area contributed by atoms with Crippen molar-refractivity contribution >= 4 is 23.4 Å². The number of hydrogen-bond acceptors (Lipinski definition) is 3. The summed E-state index contributed by atoms with van der Waals surface area (Å²) in [5, 5.41) is 11.6. The first kappa shape index (κ1) is 16.5. The number of rotatable bonds is 1. The summed E-state index contributed by atoms with van der Waals surface area (Å²) < 4.78 is 45.3. The first-order valence-electron chi connectivity index (χ1n) is 6.27. The zero-order valence-corrected chi connectivity index (χ0v) is 12.0. The van der Waals surface area contributed by atoms with Crippen LogP contribution in [0.5, 0.6) is 0 Å². The number of carbonyl (C=O) groups excluding carboxylic acids is 1. The van der Waals surface area contributed by atoms with E-state index in [1.165, 1.54) is 12.1 Å². The van der Waals surface area contributed by atoms with E-state index in [1.807, 2.05) is 5.92 Å². The van der Waals surface area contributed by atoms with Crippen LogP contribution in [0.2, 0.25) is 5.02 Å². The molecule has 1 heterocycles. The zero-order chi connectivity index (χ0) is 16.5. The van der Waals surface area contributed by atoms with Crippen molar-refractivity contribution in [3.05, 3.63) is 28.8 Å². The lowest BCUT2D eigenvalue weighted by atomic mass is 9.90. The first-order valence-corrected chi connectivity index (χ1v) is 6.65. The van der Waals surface area contributed by atoms with Gasteiger partial charge in [0.15, 0.2) is 0 Å². The van der Waals surface area contributed by atoms with Crippen molar-refractivity contribution in [1.29, 1.82) is 0 Å². The molecule has 1 aromatic carbocycles. The van der Waals surface area contributed by atoms with Gasteiger partial charge in [-0.3, -0.25) is 5.32 Å². The minimum Gasteiger partial charge on any atom is -0.415 e. The van der Waals surface area contributed by atoms with Crippen LogP contribution in [-0.2, 0) is 10.3 Å². The van der Waals surface area contributed by atoms with Crippen molar-refractivity contribution in [2.24, 2.45) is 0 Å². The van der Waals surface area contributed by atoms with E-state index < -0.39 is 29.5 Å². The summed E-state index contributed by atoms with van der Waals surface area (Å²) in [6.07, 6.45) is -7.43. The Morgan fingerprint density at radius 2 is 2.18 bits per heavy atom. The Labute approximate surface area is 129 Å². The number of fused-ring (bicyclic) bond motifs is 1. The maximum Gasteiger partial charge on any atom is 0.445 e. The van der Waals surface area contributed by atoms with Crippen LogP contribution in [-0.4, -0.2) is 23.5 Å². The molecule has 2 atom stereocenters. The van der Waals surface area contributed by atoms with Crippen LogP contribution < -0.4 is 5.32 Å². The Kier molecular flexibility index (Phi) is 4.27. The lowest BCUT2D eigenvalue weighted by molar-refractivity contribution is -0.239. The Balaban J connectivity index is 2.71. The Morgan fingerprint density at radius 1 is 1.50 bits per heavy atom. The van der Waals surface area contributed by atoms with Crippen LogP contribution >= 0.6 is 11.6 Å². The third kappa shape index (κ3) is 2.85. The number of cyclic esters (lactones) is 1. The van der Waals surface area contributed by atoms with Gasteiger partial charge in [-0.25, -0.2) is 4.79 Å². The quantitative estimate of drug-likeness (QED) is 0.774. The summed E-state index contributed by atoms with van der Waals surface area (Å²) in [4.78, 5) is 11.5. The molecule has 22 heavy (non-hydrogen) atoms. The predicted molar refractivity (Wildman–Crippen MR) is 73.4 cm³/mol. The van der Waals surface area contributed by atoms with Gasteiger partial charge in [0.05, 0.1) is 5.69 Å². The van der Waals surface area contributed by atoms with Gasteiger partial charge in [0.1, 0.15) is 6.10 Å². The number of anilines is 1. The van der Waals surface area contributed by atoms with E-state index in [0.29, 0.717) is 0 Å². The second-order valence-electron chi connectivity index (χ2n) is 4.58. The largest absolute Gasteiger partial charge is 0.445 e. The fourth-order valence-corrected chi connectivity index (χ4v) is 2.08. The molecule has 0 fully saturated rings. The molecule has 2 N–H and O–H groups in total. The van der Waals surface area contributed by atoms with Gasteiger partial charge in [-0.2, -0.15) is 13.2 Å². The second kappa shape index (κ2) is 5.71. The number of ether oxygens (including phenoxy) is 1. The Bertz CT molecular complexity index is 666. The molecule has 8 heteroatoms. The Morgan fingerprint density at radius 3 is 2.77 bits per heavy atom. The van der Waals surface area contributed by atoms with Gasteiger partial charge < -0.3 is 9.84 Å². The molecule has 0 aliphatic carbocycles. The van der Waals surface area contributed by atoms with E-state index in [4.69, 9.17) is 11.6 Å². The molecule has 1 aliphatic heterocycles. The topological polar surface area (TPSA) is 58.6 Å². The molecule has 1 aromatic rings. The molecule has 0 spiro atoms. The van der Waals surface area contributed by atoms with Crippen molar-refractivity contribution in [1.82, 2.24) is 0 Å². The predicted octanol–water partition coefficient (Wildman–Crippen LogP) is 3.43. The van der Waals surface area contributed by atoms with Crippen LogP contribution in [0.3, 0.4) is 0 Å². The monoisotopic (exact) mass is 333 g/mol. The molecule has 1 amide bonds. The molecule has 0 saturated carbocycles. The number of hydrogen-bond donors (Lipinski definition) is 2. The first-order chi connectivity index (χ1) is 10.2. The molecule has 2 rings (SSSR count). The van der Waals surface area contributed by atoms with Crippen LogP contribution in [0.4, 0.5) is 23.7 Å². The zero-order valence-electron chi connectivity index (χ0n) is 11.3. The number of alkyl halides is 3. The molecule has 2 unspecified atom stereocenters. The summed E-state index contributed by atoms with van der Waals surface area (Å²) >= 11 is 5.75. The highest BCUT2D eigenvalue weighted by molar-refractivity contribution is 6.30. The SMILES string of the molecule is CCC(O)C#CC1(C(F)(F)F)OC(=O)Nc2ccc(Cl)cc21. The van der Waals surface area contributed by atoms with Crippen molar-refractivity contribution in [2.75, 3.05) is 5.32 Å². The van der Waals surface area contributed by atoms with E-state index in [-0.39, 0.29) is 17.1 Å². The minimum absolute atomic E-state index is 0.0324. The molecule has 0 radical (unpaired) electrons. The molecular weight excluding hydrogens is 323 g/mol. The summed E-state index contributed by atoms with van der Waals surface area (Å²) in [5.41, 5.74) is -3.70. The second-order valence-corrected chi connectivity index (χ2v) is 5.01. The van der Waals surface area contributed by atoms with E-state index >= 15 is 0 Å². The smallest absolute Gasteiger partial charge is 0.415 e. The number of aliphatic hydroxyl groups is 1. The van der Waals surface area contributed by atoms with Crippen LogP contribution in [0.25, 0.3) is 0 Å². The van der Waals surface area contributed by atoms with E-state index in [9.17, 15) is 23.1 Å². The van der Waals surface area contributed by atoms with Gasteiger partial charge in [0.25, 0.3) is 5.60 Å². The molecule has 4 nitrogen and oxygen atoms in total. The number of benzene rings is 1. The van der Waals surface area contributed by atoms with Crippen molar-refractivity contribution in [3.8, 4) is 11.8 Å². The average Bonchev–Trinajstić information content (AvgIpc) is 2.43. The van der Waals surface area contributed by atoms with E-state index in [2.05, 4.69) is 16.0 Å². The fourth-order valence-electron chi connectivity index (χ4n) is 1.91. The normalized spacial score (nSPS) is 21.8. The molecule has 0 saturated heterocycles. The molecule has 0 bridgehead atoms. The van der Waals surface area contributed by atoms with Crippen molar-refractivity contribution in [2.45, 2.75) is 31.2 Å². The maximum absolute atomic E-state index is 13.6. The molecule has 1 aliphatic rings. The van der Waals surface area contributed by atoms with Gasteiger partial charge in [-0.15, -0.1) is 0 Å². The lowest BCUT2D eigenvalue weighted by Gasteiger charge is -2.35. The molecular formula is C14H11ClF3NO3. The maximum atomic E-state index is 13.6. The number of carbonyl (C=O) groups is 1. The third-order valence-corrected chi connectivity index (χ3v) is 3.28. The van der Waals surface area contributed by atoms with Gasteiger partial charge >= 0.3 is 12.3 Å². The minimum atomic E-state index is -5.01. The highest BCUT2D eigenvalue weighted by Crippen LogP contribution is 2.47. The Hall–Kier alpha value is -1.91.